The summed E-state index contributed by atoms with van der Waals surface area (Å²) in [4.78, 5) is 0. The van der Waals surface area contributed by atoms with Crippen molar-refractivity contribution in [1.82, 2.24) is 5.32 Å². The molecule has 2 rings (SSSR count). The SMILES string of the molecule is CCCNC(Cc1cc(F)ccc1C)c1cccc(F)c1. The predicted octanol–water partition coefficient (Wildman–Crippen LogP) is 4.56. The number of hydrogen-bond acceptors (Lipinski definition) is 1. The monoisotopic (exact) mass is 289 g/mol. The topological polar surface area (TPSA) is 12.0 Å². The first-order valence-corrected chi connectivity index (χ1v) is 7.34. The highest BCUT2D eigenvalue weighted by Gasteiger charge is 2.14. The molecular weight excluding hydrogens is 268 g/mol. The van der Waals surface area contributed by atoms with Crippen molar-refractivity contribution in [2.45, 2.75) is 32.7 Å². The standard InChI is InChI=1S/C18H21F2N/c1-3-9-21-18(14-5-4-6-16(19)10-14)12-15-11-17(20)8-7-13(15)2/h4-8,10-11,18,21H,3,9,12H2,1-2H3. The fourth-order valence-corrected chi connectivity index (χ4v) is 2.43. The van der Waals surface area contributed by atoms with Gasteiger partial charge in [-0.25, -0.2) is 8.78 Å². The summed E-state index contributed by atoms with van der Waals surface area (Å²) in [6.45, 7) is 4.90. The first-order valence-electron chi connectivity index (χ1n) is 7.34. The van der Waals surface area contributed by atoms with Gasteiger partial charge in [0.05, 0.1) is 0 Å². The van der Waals surface area contributed by atoms with Crippen LogP contribution in [-0.4, -0.2) is 6.54 Å². The number of nitrogens with one attached hydrogen (secondary N) is 1. The lowest BCUT2D eigenvalue weighted by molar-refractivity contribution is 0.521. The van der Waals surface area contributed by atoms with Crippen molar-refractivity contribution in [1.29, 1.82) is 0 Å². The van der Waals surface area contributed by atoms with Crippen LogP contribution >= 0.6 is 0 Å². The van der Waals surface area contributed by atoms with Gasteiger partial charge < -0.3 is 5.32 Å². The summed E-state index contributed by atoms with van der Waals surface area (Å²) in [6.07, 6.45) is 1.64. The Hall–Kier alpha value is -1.74. The van der Waals surface area contributed by atoms with Gasteiger partial charge in [-0.1, -0.05) is 25.1 Å². The number of aryl methyl sites for hydroxylation is 1. The third-order valence-electron chi connectivity index (χ3n) is 3.63. The maximum atomic E-state index is 13.4. The van der Waals surface area contributed by atoms with Crippen molar-refractivity contribution in [2.24, 2.45) is 0 Å². The van der Waals surface area contributed by atoms with E-state index in [1.54, 1.807) is 24.3 Å². The fourth-order valence-electron chi connectivity index (χ4n) is 2.43. The number of rotatable bonds is 6. The molecule has 0 amide bonds. The van der Waals surface area contributed by atoms with Crippen LogP contribution in [0.1, 0.15) is 36.1 Å². The first kappa shape index (κ1) is 15.6. The average Bonchev–Trinajstić information content (AvgIpc) is 2.47. The normalized spacial score (nSPS) is 12.4. The second-order valence-corrected chi connectivity index (χ2v) is 5.34. The molecule has 0 radical (unpaired) electrons. The van der Waals surface area contributed by atoms with Gasteiger partial charge in [-0.2, -0.15) is 0 Å². The summed E-state index contributed by atoms with van der Waals surface area (Å²) in [7, 11) is 0. The number of halogens is 2. The summed E-state index contributed by atoms with van der Waals surface area (Å²) < 4.78 is 26.9. The molecule has 0 spiro atoms. The molecule has 3 heteroatoms. The molecule has 0 aromatic heterocycles. The van der Waals surface area contributed by atoms with Crippen LogP contribution in [0.25, 0.3) is 0 Å². The molecule has 0 saturated heterocycles. The minimum Gasteiger partial charge on any atom is -0.310 e. The molecule has 1 unspecified atom stereocenters. The minimum atomic E-state index is -0.244. The Morgan fingerprint density at radius 2 is 1.81 bits per heavy atom. The van der Waals surface area contributed by atoms with E-state index in [0.717, 1.165) is 29.7 Å². The van der Waals surface area contributed by atoms with Gasteiger partial charge in [-0.3, -0.25) is 0 Å². The van der Waals surface area contributed by atoms with Crippen molar-refractivity contribution in [3.05, 3.63) is 70.8 Å². The Balaban J connectivity index is 2.25. The lowest BCUT2D eigenvalue weighted by atomic mass is 9.96. The van der Waals surface area contributed by atoms with E-state index >= 15 is 0 Å². The lowest BCUT2D eigenvalue weighted by Crippen LogP contribution is -2.24. The Labute approximate surface area is 125 Å². The molecule has 1 N–H and O–H groups in total. The van der Waals surface area contributed by atoms with Crippen LogP contribution in [0.15, 0.2) is 42.5 Å². The van der Waals surface area contributed by atoms with E-state index in [2.05, 4.69) is 12.2 Å². The zero-order chi connectivity index (χ0) is 15.2. The smallest absolute Gasteiger partial charge is 0.123 e. The predicted molar refractivity (Wildman–Crippen MR) is 82.3 cm³/mol. The molecule has 2 aromatic rings. The highest BCUT2D eigenvalue weighted by molar-refractivity contribution is 5.30. The quantitative estimate of drug-likeness (QED) is 0.822. The van der Waals surface area contributed by atoms with Gasteiger partial charge in [0.2, 0.25) is 0 Å². The molecule has 0 fully saturated rings. The van der Waals surface area contributed by atoms with Gasteiger partial charge in [0.25, 0.3) is 0 Å². The van der Waals surface area contributed by atoms with Crippen LogP contribution in [0.3, 0.4) is 0 Å². The first-order chi connectivity index (χ1) is 10.1. The van der Waals surface area contributed by atoms with E-state index in [4.69, 9.17) is 0 Å². The highest BCUT2D eigenvalue weighted by Crippen LogP contribution is 2.22. The lowest BCUT2D eigenvalue weighted by Gasteiger charge is -2.20. The van der Waals surface area contributed by atoms with Crippen molar-refractivity contribution in [3.63, 3.8) is 0 Å². The average molecular weight is 289 g/mol. The van der Waals surface area contributed by atoms with E-state index in [0.29, 0.717) is 6.42 Å². The molecule has 0 bridgehead atoms. The van der Waals surface area contributed by atoms with Gasteiger partial charge in [0, 0.05) is 6.04 Å². The Morgan fingerprint density at radius 3 is 2.52 bits per heavy atom. The van der Waals surface area contributed by atoms with E-state index in [1.165, 1.54) is 12.1 Å². The molecule has 21 heavy (non-hydrogen) atoms. The highest BCUT2D eigenvalue weighted by atomic mass is 19.1. The van der Waals surface area contributed by atoms with Gasteiger partial charge in [-0.05, 0) is 67.3 Å². The molecule has 1 nitrogen and oxygen atoms in total. The van der Waals surface area contributed by atoms with Crippen LogP contribution in [0.4, 0.5) is 8.78 Å². The van der Waals surface area contributed by atoms with E-state index < -0.39 is 0 Å². The number of benzene rings is 2. The maximum Gasteiger partial charge on any atom is 0.123 e. The molecule has 0 aliphatic carbocycles. The molecule has 0 aliphatic heterocycles. The minimum absolute atomic E-state index is 0.0128. The summed E-state index contributed by atoms with van der Waals surface area (Å²) >= 11 is 0. The molecule has 0 aliphatic rings. The van der Waals surface area contributed by atoms with E-state index in [1.807, 2.05) is 13.0 Å². The molecule has 0 heterocycles. The van der Waals surface area contributed by atoms with E-state index in [9.17, 15) is 8.78 Å². The third kappa shape index (κ3) is 4.36. The Morgan fingerprint density at radius 1 is 1.05 bits per heavy atom. The van der Waals surface area contributed by atoms with Gasteiger partial charge in [0.1, 0.15) is 11.6 Å². The second-order valence-electron chi connectivity index (χ2n) is 5.34. The van der Waals surface area contributed by atoms with Crippen molar-refractivity contribution in [2.75, 3.05) is 6.54 Å². The largest absolute Gasteiger partial charge is 0.310 e. The van der Waals surface area contributed by atoms with Crippen LogP contribution in [0.2, 0.25) is 0 Å². The van der Waals surface area contributed by atoms with Crippen molar-refractivity contribution >= 4 is 0 Å². The van der Waals surface area contributed by atoms with Crippen molar-refractivity contribution < 1.29 is 8.78 Å². The van der Waals surface area contributed by atoms with Crippen LogP contribution in [0, 0.1) is 18.6 Å². The molecule has 112 valence electrons. The third-order valence-corrected chi connectivity index (χ3v) is 3.63. The summed E-state index contributed by atoms with van der Waals surface area (Å²) in [6, 6.07) is 11.4. The van der Waals surface area contributed by atoms with Gasteiger partial charge in [-0.15, -0.1) is 0 Å². The van der Waals surface area contributed by atoms with Crippen LogP contribution < -0.4 is 5.32 Å². The maximum absolute atomic E-state index is 13.4. The number of hydrogen-bond donors (Lipinski definition) is 1. The summed E-state index contributed by atoms with van der Waals surface area (Å²) in [5, 5.41) is 3.42. The van der Waals surface area contributed by atoms with Crippen LogP contribution in [0.5, 0.6) is 0 Å². The van der Waals surface area contributed by atoms with Gasteiger partial charge >= 0.3 is 0 Å². The second kappa shape index (κ2) is 7.32. The molecule has 1 atom stereocenters. The summed E-state index contributed by atoms with van der Waals surface area (Å²) in [5.74, 6) is -0.476. The Kier molecular flexibility index (Phi) is 5.45. The zero-order valence-corrected chi connectivity index (χ0v) is 12.5. The summed E-state index contributed by atoms with van der Waals surface area (Å²) in [5.41, 5.74) is 2.90. The fraction of sp³-hybridized carbons (Fsp3) is 0.333. The van der Waals surface area contributed by atoms with Crippen LogP contribution in [-0.2, 0) is 6.42 Å². The zero-order valence-electron chi connectivity index (χ0n) is 12.5. The molecule has 0 saturated carbocycles. The van der Waals surface area contributed by atoms with Crippen molar-refractivity contribution in [3.8, 4) is 0 Å². The molecular formula is C18H21F2N. The van der Waals surface area contributed by atoms with E-state index in [-0.39, 0.29) is 17.7 Å². The molecule has 2 aromatic carbocycles. The van der Waals surface area contributed by atoms with Gasteiger partial charge in [0.15, 0.2) is 0 Å². The Bertz CT molecular complexity index is 596.